The van der Waals surface area contributed by atoms with E-state index in [2.05, 4.69) is 12.2 Å². The van der Waals surface area contributed by atoms with E-state index in [1.54, 1.807) is 22.7 Å². The second kappa shape index (κ2) is 8.04. The number of rotatable bonds is 4. The molecule has 1 aliphatic heterocycles. The van der Waals surface area contributed by atoms with Gasteiger partial charge in [0.05, 0.1) is 5.88 Å². The van der Waals surface area contributed by atoms with E-state index in [4.69, 9.17) is 0 Å². The Morgan fingerprint density at radius 3 is 2.73 bits per heavy atom. The summed E-state index contributed by atoms with van der Waals surface area (Å²) in [5.41, 5.74) is 1.25. The minimum absolute atomic E-state index is 0.0108. The second-order valence-corrected chi connectivity index (χ2v) is 7.63. The van der Waals surface area contributed by atoms with Crippen LogP contribution in [-0.4, -0.2) is 40.4 Å². The number of hydrogen-bond donors (Lipinski definition) is 1. The topological polar surface area (TPSA) is 49.4 Å². The highest BCUT2D eigenvalue weighted by molar-refractivity contribution is 7.99. The first kappa shape index (κ1) is 17.4. The molecule has 1 aliphatic carbocycles. The summed E-state index contributed by atoms with van der Waals surface area (Å²) in [4.78, 5) is 26.6. The summed E-state index contributed by atoms with van der Waals surface area (Å²) in [5, 5.41) is 3.00. The molecule has 2 rings (SSSR count). The summed E-state index contributed by atoms with van der Waals surface area (Å²) in [7, 11) is 0. The maximum Gasteiger partial charge on any atom is 0.247 e. The lowest BCUT2D eigenvalue weighted by molar-refractivity contribution is -0.135. The lowest BCUT2D eigenvalue weighted by Crippen LogP contribution is -2.49. The molecular weight excluding hydrogens is 296 g/mol. The van der Waals surface area contributed by atoms with Crippen LogP contribution in [0.4, 0.5) is 0 Å². The molecule has 2 fully saturated rings. The molecule has 4 nitrogen and oxygen atoms in total. The van der Waals surface area contributed by atoms with E-state index in [1.807, 2.05) is 13.8 Å². The van der Waals surface area contributed by atoms with Gasteiger partial charge in [-0.1, -0.05) is 19.4 Å². The summed E-state index contributed by atoms with van der Waals surface area (Å²) < 4.78 is 0. The summed E-state index contributed by atoms with van der Waals surface area (Å²) in [6.45, 7) is 6.31. The van der Waals surface area contributed by atoms with Crippen molar-refractivity contribution < 1.29 is 9.59 Å². The van der Waals surface area contributed by atoms with Gasteiger partial charge in [0.1, 0.15) is 6.04 Å². The third-order valence-corrected chi connectivity index (χ3v) is 5.73. The zero-order valence-corrected chi connectivity index (χ0v) is 14.7. The van der Waals surface area contributed by atoms with Gasteiger partial charge in [-0.25, -0.2) is 0 Å². The molecule has 0 aromatic carbocycles. The molecule has 0 spiro atoms. The van der Waals surface area contributed by atoms with Crippen LogP contribution in [0.5, 0.6) is 0 Å². The molecular formula is C17H28N2O2S. The number of nitrogens with zero attached hydrogens (tertiary/aromatic N) is 1. The molecule has 2 aliphatic rings. The molecule has 0 unspecified atom stereocenters. The Balaban J connectivity index is 1.96. The molecule has 2 atom stereocenters. The maximum absolute atomic E-state index is 12.5. The third-order valence-electron chi connectivity index (χ3n) is 4.71. The van der Waals surface area contributed by atoms with Crippen molar-refractivity contribution in [3.05, 3.63) is 11.6 Å². The molecule has 0 aromatic rings. The number of allylic oxidation sites excluding steroid dienone is 1. The van der Waals surface area contributed by atoms with Crippen molar-refractivity contribution in [1.82, 2.24) is 10.2 Å². The van der Waals surface area contributed by atoms with Gasteiger partial charge in [-0.2, -0.15) is 0 Å². The molecule has 5 heteroatoms. The smallest absolute Gasteiger partial charge is 0.247 e. The Morgan fingerprint density at radius 2 is 2.09 bits per heavy atom. The van der Waals surface area contributed by atoms with Crippen LogP contribution in [-0.2, 0) is 9.59 Å². The zero-order chi connectivity index (χ0) is 16.1. The van der Waals surface area contributed by atoms with Crippen molar-refractivity contribution in [3.8, 4) is 0 Å². The lowest BCUT2D eigenvalue weighted by atomic mass is 9.87. The maximum atomic E-state index is 12.5. The largest absolute Gasteiger partial charge is 0.352 e. The fraction of sp³-hybridized carbons (Fsp3) is 0.765. The van der Waals surface area contributed by atoms with Crippen LogP contribution < -0.4 is 5.32 Å². The van der Waals surface area contributed by atoms with Crippen LogP contribution in [0.3, 0.4) is 0 Å². The van der Waals surface area contributed by atoms with Gasteiger partial charge in [-0.3, -0.25) is 9.59 Å². The summed E-state index contributed by atoms with van der Waals surface area (Å²) >= 11 is 1.66. The minimum atomic E-state index is -0.314. The van der Waals surface area contributed by atoms with E-state index < -0.39 is 0 Å². The van der Waals surface area contributed by atoms with Crippen LogP contribution in [0.1, 0.15) is 52.9 Å². The Morgan fingerprint density at radius 1 is 1.41 bits per heavy atom. The molecule has 1 heterocycles. The van der Waals surface area contributed by atoms with Gasteiger partial charge in [-0.15, -0.1) is 11.8 Å². The zero-order valence-electron chi connectivity index (χ0n) is 13.9. The molecule has 0 bridgehead atoms. The van der Waals surface area contributed by atoms with Gasteiger partial charge in [0.2, 0.25) is 11.8 Å². The predicted molar refractivity (Wildman–Crippen MR) is 91.6 cm³/mol. The van der Waals surface area contributed by atoms with Crippen LogP contribution >= 0.6 is 11.8 Å². The molecule has 1 N–H and O–H groups in total. The van der Waals surface area contributed by atoms with Gasteiger partial charge in [-0.05, 0) is 44.9 Å². The van der Waals surface area contributed by atoms with Crippen LogP contribution in [0.15, 0.2) is 11.6 Å². The van der Waals surface area contributed by atoms with Gasteiger partial charge in [0.25, 0.3) is 0 Å². The first-order valence-corrected chi connectivity index (χ1v) is 9.54. The molecule has 1 saturated carbocycles. The Bertz CT molecular complexity index is 440. The summed E-state index contributed by atoms with van der Waals surface area (Å²) in [6.07, 6.45) is 7.09. The van der Waals surface area contributed by atoms with E-state index in [-0.39, 0.29) is 23.9 Å². The molecule has 22 heavy (non-hydrogen) atoms. The molecule has 0 aromatic heterocycles. The highest BCUT2D eigenvalue weighted by atomic mass is 32.2. The lowest BCUT2D eigenvalue weighted by Gasteiger charge is -2.25. The molecule has 2 amide bonds. The first-order valence-electron chi connectivity index (χ1n) is 8.39. The fourth-order valence-corrected chi connectivity index (χ4v) is 4.02. The van der Waals surface area contributed by atoms with E-state index in [0.29, 0.717) is 11.6 Å². The number of thioether (sulfide) groups is 1. The first-order chi connectivity index (χ1) is 10.5. The molecule has 0 radical (unpaired) electrons. The Hall–Kier alpha value is -0.970. The molecule has 1 saturated heterocycles. The second-order valence-electron chi connectivity index (χ2n) is 6.63. The minimum Gasteiger partial charge on any atom is -0.352 e. The standard InChI is InChI=1S/C17H28N2O2S/c1-4-13(3)18-17(21)15-10-22-11-19(15)16(20)9-14-7-5-12(2)6-8-14/h9,12-13,15H,4-8,10-11H2,1-3H3,(H,18,21)/t12?,13-,15-/m0/s1. The average Bonchev–Trinajstić information content (AvgIpc) is 2.99. The van der Waals surface area contributed by atoms with Crippen molar-refractivity contribution in [2.24, 2.45) is 5.92 Å². The predicted octanol–water partition coefficient (Wildman–Crippen LogP) is 2.94. The fourth-order valence-electron chi connectivity index (χ4n) is 2.85. The highest BCUT2D eigenvalue weighted by Gasteiger charge is 2.34. The van der Waals surface area contributed by atoms with Crippen LogP contribution in [0, 0.1) is 5.92 Å². The van der Waals surface area contributed by atoms with Crippen molar-refractivity contribution >= 4 is 23.6 Å². The SMILES string of the molecule is CC[C@H](C)NC(=O)[C@@H]1CSCN1C(=O)C=C1CCC(C)CC1. The van der Waals surface area contributed by atoms with Crippen molar-refractivity contribution in [2.75, 3.05) is 11.6 Å². The van der Waals surface area contributed by atoms with Crippen LogP contribution in [0.2, 0.25) is 0 Å². The van der Waals surface area contributed by atoms with Crippen LogP contribution in [0.25, 0.3) is 0 Å². The van der Waals surface area contributed by atoms with E-state index in [1.165, 1.54) is 18.4 Å². The van der Waals surface area contributed by atoms with Crippen molar-refractivity contribution in [1.29, 1.82) is 0 Å². The number of hydrogen-bond acceptors (Lipinski definition) is 3. The summed E-state index contributed by atoms with van der Waals surface area (Å²) in [5.74, 6) is 2.09. The van der Waals surface area contributed by atoms with Gasteiger partial charge in [0, 0.05) is 17.9 Å². The normalized spacial score (nSPS) is 26.7. The van der Waals surface area contributed by atoms with Gasteiger partial charge >= 0.3 is 0 Å². The Labute approximate surface area is 138 Å². The summed E-state index contributed by atoms with van der Waals surface area (Å²) in [6, 6.07) is -0.154. The Kier molecular flexibility index (Phi) is 6.36. The number of carbonyl (C=O) groups is 2. The van der Waals surface area contributed by atoms with Gasteiger partial charge in [0.15, 0.2) is 0 Å². The molecule has 124 valence electrons. The third kappa shape index (κ3) is 4.51. The number of amides is 2. The van der Waals surface area contributed by atoms with Crippen molar-refractivity contribution in [3.63, 3.8) is 0 Å². The van der Waals surface area contributed by atoms with E-state index in [9.17, 15) is 9.59 Å². The number of nitrogens with one attached hydrogen (secondary N) is 1. The van der Waals surface area contributed by atoms with Crippen molar-refractivity contribution in [2.45, 2.75) is 65.0 Å². The van der Waals surface area contributed by atoms with E-state index in [0.717, 1.165) is 25.2 Å². The quantitative estimate of drug-likeness (QED) is 0.809. The monoisotopic (exact) mass is 324 g/mol. The van der Waals surface area contributed by atoms with Gasteiger partial charge < -0.3 is 10.2 Å². The number of carbonyl (C=O) groups excluding carboxylic acids is 2. The van der Waals surface area contributed by atoms with E-state index >= 15 is 0 Å². The highest BCUT2D eigenvalue weighted by Crippen LogP contribution is 2.28. The average molecular weight is 324 g/mol.